The number of thiazole rings is 1. The highest BCUT2D eigenvalue weighted by molar-refractivity contribution is 7.16. The van der Waals surface area contributed by atoms with Crippen LogP contribution in [0.5, 0.6) is 0 Å². The third-order valence-corrected chi connectivity index (χ3v) is 4.95. The number of hydrogen-bond donors (Lipinski definition) is 2. The van der Waals surface area contributed by atoms with Gasteiger partial charge in [0.05, 0.1) is 12.3 Å². The summed E-state index contributed by atoms with van der Waals surface area (Å²) in [5.74, 6) is -0.707. The standard InChI is InChI=1S/C16H13FN2O2S2/c17-12-4-2-1-3-11(12)16-19-8-14(23-16)15(21)18-7-13(20)10-5-6-22-9-10/h1-6,8-9,13,20H,7H2,(H,18,21). The first-order valence-corrected chi connectivity index (χ1v) is 8.60. The molecule has 7 heteroatoms. The lowest BCUT2D eigenvalue weighted by Crippen LogP contribution is -2.27. The van der Waals surface area contributed by atoms with Crippen molar-refractivity contribution in [3.63, 3.8) is 0 Å². The Kier molecular flexibility index (Phi) is 4.80. The topological polar surface area (TPSA) is 62.2 Å². The van der Waals surface area contributed by atoms with E-state index in [-0.39, 0.29) is 18.3 Å². The quantitative estimate of drug-likeness (QED) is 0.742. The number of aliphatic hydroxyl groups is 1. The fourth-order valence-electron chi connectivity index (χ4n) is 2.00. The third-order valence-electron chi connectivity index (χ3n) is 3.22. The van der Waals surface area contributed by atoms with Crippen LogP contribution in [0.3, 0.4) is 0 Å². The molecular weight excluding hydrogens is 335 g/mol. The van der Waals surface area contributed by atoms with Crippen molar-refractivity contribution in [3.05, 3.63) is 63.5 Å². The molecule has 0 saturated heterocycles. The van der Waals surface area contributed by atoms with Crippen LogP contribution in [0.25, 0.3) is 10.6 Å². The van der Waals surface area contributed by atoms with Crippen LogP contribution in [0.2, 0.25) is 0 Å². The lowest BCUT2D eigenvalue weighted by Gasteiger charge is -2.09. The summed E-state index contributed by atoms with van der Waals surface area (Å²) in [5, 5.41) is 16.8. The van der Waals surface area contributed by atoms with Crippen LogP contribution in [-0.2, 0) is 0 Å². The molecule has 3 rings (SSSR count). The van der Waals surface area contributed by atoms with E-state index in [2.05, 4.69) is 10.3 Å². The van der Waals surface area contributed by atoms with Gasteiger partial charge in [0.2, 0.25) is 0 Å². The Morgan fingerprint density at radius 2 is 2.17 bits per heavy atom. The summed E-state index contributed by atoms with van der Waals surface area (Å²) in [7, 11) is 0. The van der Waals surface area contributed by atoms with Crippen molar-refractivity contribution in [2.45, 2.75) is 6.10 Å². The summed E-state index contributed by atoms with van der Waals surface area (Å²) in [6.45, 7) is 0.114. The molecule has 1 amide bonds. The number of carbonyl (C=O) groups is 1. The van der Waals surface area contributed by atoms with E-state index >= 15 is 0 Å². The van der Waals surface area contributed by atoms with Gasteiger partial charge in [-0.05, 0) is 34.5 Å². The Morgan fingerprint density at radius 1 is 1.35 bits per heavy atom. The molecule has 1 aromatic carbocycles. The number of aliphatic hydroxyl groups excluding tert-OH is 1. The molecule has 0 saturated carbocycles. The lowest BCUT2D eigenvalue weighted by molar-refractivity contribution is 0.0920. The summed E-state index contributed by atoms with van der Waals surface area (Å²) >= 11 is 2.60. The fourth-order valence-corrected chi connectivity index (χ4v) is 3.56. The van der Waals surface area contributed by atoms with Gasteiger partial charge >= 0.3 is 0 Å². The number of thiophene rings is 1. The van der Waals surface area contributed by atoms with Gasteiger partial charge in [-0.2, -0.15) is 11.3 Å². The first kappa shape index (κ1) is 15.8. The molecule has 2 N–H and O–H groups in total. The smallest absolute Gasteiger partial charge is 0.263 e. The molecule has 4 nitrogen and oxygen atoms in total. The number of nitrogens with zero attached hydrogens (tertiary/aromatic N) is 1. The predicted octanol–water partition coefficient (Wildman–Crippen LogP) is 3.47. The number of amides is 1. The monoisotopic (exact) mass is 348 g/mol. The number of rotatable bonds is 5. The molecule has 1 atom stereocenters. The Labute approximate surface area is 140 Å². The maximum absolute atomic E-state index is 13.7. The van der Waals surface area contributed by atoms with E-state index in [9.17, 15) is 14.3 Å². The van der Waals surface area contributed by atoms with Gasteiger partial charge in [0, 0.05) is 12.1 Å². The van der Waals surface area contributed by atoms with Crippen molar-refractivity contribution < 1.29 is 14.3 Å². The molecule has 0 spiro atoms. The van der Waals surface area contributed by atoms with Crippen molar-refractivity contribution in [3.8, 4) is 10.6 Å². The van der Waals surface area contributed by atoms with E-state index in [1.54, 1.807) is 18.2 Å². The van der Waals surface area contributed by atoms with Gasteiger partial charge in [0.1, 0.15) is 15.7 Å². The second-order valence-electron chi connectivity index (χ2n) is 4.79. The zero-order chi connectivity index (χ0) is 16.2. The molecular formula is C16H13FN2O2S2. The maximum atomic E-state index is 13.7. The SMILES string of the molecule is O=C(NCC(O)c1ccsc1)c1cnc(-c2ccccc2F)s1. The number of aromatic nitrogens is 1. The molecule has 0 aliphatic rings. The molecule has 23 heavy (non-hydrogen) atoms. The van der Waals surface area contributed by atoms with Crippen LogP contribution in [0.4, 0.5) is 4.39 Å². The van der Waals surface area contributed by atoms with Gasteiger partial charge in [-0.3, -0.25) is 4.79 Å². The summed E-state index contributed by atoms with van der Waals surface area (Å²) in [5.41, 5.74) is 1.14. The molecule has 0 aliphatic carbocycles. The normalized spacial score (nSPS) is 12.1. The van der Waals surface area contributed by atoms with Crippen LogP contribution in [0, 0.1) is 5.82 Å². The molecule has 0 radical (unpaired) electrons. The molecule has 1 unspecified atom stereocenters. The molecule has 2 aromatic heterocycles. The molecule has 0 aliphatic heterocycles. The van der Waals surface area contributed by atoms with E-state index in [1.165, 1.54) is 23.6 Å². The van der Waals surface area contributed by atoms with Crippen LogP contribution in [-0.4, -0.2) is 22.5 Å². The zero-order valence-electron chi connectivity index (χ0n) is 11.9. The van der Waals surface area contributed by atoms with Crippen molar-refractivity contribution in [1.82, 2.24) is 10.3 Å². The van der Waals surface area contributed by atoms with Gasteiger partial charge in [-0.15, -0.1) is 11.3 Å². The molecule has 0 fully saturated rings. The Morgan fingerprint density at radius 3 is 2.91 bits per heavy atom. The van der Waals surface area contributed by atoms with E-state index in [0.717, 1.165) is 16.9 Å². The minimum atomic E-state index is -0.746. The molecule has 2 heterocycles. The first-order valence-electron chi connectivity index (χ1n) is 6.84. The summed E-state index contributed by atoms with van der Waals surface area (Å²) in [4.78, 5) is 16.6. The van der Waals surface area contributed by atoms with Gasteiger partial charge in [0.15, 0.2) is 0 Å². The van der Waals surface area contributed by atoms with Crippen molar-refractivity contribution in [2.24, 2.45) is 0 Å². The Bertz CT molecular complexity index is 802. The van der Waals surface area contributed by atoms with Gasteiger partial charge < -0.3 is 10.4 Å². The summed E-state index contributed by atoms with van der Waals surface area (Å²) < 4.78 is 13.7. The number of halogens is 1. The maximum Gasteiger partial charge on any atom is 0.263 e. The highest BCUT2D eigenvalue weighted by Gasteiger charge is 2.15. The van der Waals surface area contributed by atoms with Crippen molar-refractivity contribution in [2.75, 3.05) is 6.54 Å². The fraction of sp³-hybridized carbons (Fsp3) is 0.125. The predicted molar refractivity (Wildman–Crippen MR) is 89.1 cm³/mol. The summed E-state index contributed by atoms with van der Waals surface area (Å²) in [6.07, 6.45) is 0.669. The largest absolute Gasteiger partial charge is 0.387 e. The van der Waals surface area contributed by atoms with Gasteiger partial charge in [-0.25, -0.2) is 9.37 Å². The molecule has 118 valence electrons. The average molecular weight is 348 g/mol. The first-order chi connectivity index (χ1) is 11.1. The Balaban J connectivity index is 1.66. The Hall–Kier alpha value is -2.09. The van der Waals surface area contributed by atoms with Crippen LogP contribution in [0.15, 0.2) is 47.3 Å². The van der Waals surface area contributed by atoms with E-state index in [4.69, 9.17) is 0 Å². The third kappa shape index (κ3) is 3.64. The van der Waals surface area contributed by atoms with E-state index in [1.807, 2.05) is 16.8 Å². The highest BCUT2D eigenvalue weighted by atomic mass is 32.1. The number of benzene rings is 1. The van der Waals surface area contributed by atoms with Crippen LogP contribution < -0.4 is 5.32 Å². The van der Waals surface area contributed by atoms with Crippen molar-refractivity contribution >= 4 is 28.6 Å². The van der Waals surface area contributed by atoms with Crippen molar-refractivity contribution in [1.29, 1.82) is 0 Å². The number of carbonyl (C=O) groups excluding carboxylic acids is 1. The minimum absolute atomic E-state index is 0.114. The van der Waals surface area contributed by atoms with E-state index < -0.39 is 6.10 Å². The van der Waals surface area contributed by atoms with Gasteiger partial charge in [0.25, 0.3) is 5.91 Å². The second-order valence-corrected chi connectivity index (χ2v) is 6.60. The zero-order valence-corrected chi connectivity index (χ0v) is 13.5. The van der Waals surface area contributed by atoms with Crippen LogP contribution >= 0.6 is 22.7 Å². The number of nitrogens with one attached hydrogen (secondary N) is 1. The highest BCUT2D eigenvalue weighted by Crippen LogP contribution is 2.27. The van der Waals surface area contributed by atoms with E-state index in [0.29, 0.717) is 15.4 Å². The molecule has 3 aromatic rings. The van der Waals surface area contributed by atoms with Gasteiger partial charge in [-0.1, -0.05) is 12.1 Å². The number of hydrogen-bond acceptors (Lipinski definition) is 5. The second kappa shape index (κ2) is 6.99. The summed E-state index contributed by atoms with van der Waals surface area (Å²) in [6, 6.07) is 8.11. The van der Waals surface area contributed by atoms with Crippen LogP contribution in [0.1, 0.15) is 21.3 Å². The lowest BCUT2D eigenvalue weighted by atomic mass is 10.2. The minimum Gasteiger partial charge on any atom is -0.387 e. The molecule has 0 bridgehead atoms. The average Bonchev–Trinajstić information content (AvgIpc) is 3.24.